The third-order valence-electron chi connectivity index (χ3n) is 4.67. The molecule has 0 saturated heterocycles. The summed E-state index contributed by atoms with van der Waals surface area (Å²) >= 11 is 3.32. The molecule has 10 heteroatoms. The van der Waals surface area contributed by atoms with Crippen LogP contribution in [0.15, 0.2) is 37.8 Å². The first-order chi connectivity index (χ1) is 14.2. The number of aromatic nitrogens is 3. The van der Waals surface area contributed by atoms with E-state index in [4.69, 9.17) is 8.94 Å². The smallest absolute Gasteiger partial charge is 0.286 e. The largest absolute Gasteiger partial charge is 0.466 e. The number of carbonyl (C=O) groups is 2. The predicted molar refractivity (Wildman–Crippen MR) is 112 cm³/mol. The number of carbonyl (C=O) groups excluding carboxylic acids is 2. The molecule has 0 bridgehead atoms. The van der Waals surface area contributed by atoms with E-state index in [-0.39, 0.29) is 11.3 Å². The van der Waals surface area contributed by atoms with Gasteiger partial charge in [0.15, 0.2) is 0 Å². The van der Waals surface area contributed by atoms with Gasteiger partial charge in [0.1, 0.15) is 17.2 Å². The summed E-state index contributed by atoms with van der Waals surface area (Å²) in [6.45, 7) is 5.37. The van der Waals surface area contributed by atoms with Gasteiger partial charge in [0, 0.05) is 23.3 Å². The quantitative estimate of drug-likeness (QED) is 0.441. The molecule has 0 aliphatic carbocycles. The Morgan fingerprint density at radius 1 is 1.10 bits per heavy atom. The van der Waals surface area contributed by atoms with E-state index >= 15 is 0 Å². The number of halogens is 1. The molecule has 0 saturated carbocycles. The van der Waals surface area contributed by atoms with E-state index in [1.807, 2.05) is 19.9 Å². The number of fused-ring (bicyclic) bond motifs is 1. The Bertz CT molecular complexity index is 1300. The lowest BCUT2D eigenvalue weighted by atomic mass is 10.1. The molecule has 4 aromatic rings. The van der Waals surface area contributed by atoms with Crippen molar-refractivity contribution in [2.75, 3.05) is 0 Å². The van der Waals surface area contributed by atoms with E-state index in [0.29, 0.717) is 28.2 Å². The SMILES string of the molecule is Cc1cc(-c2cc(C(=O)NNC(=O)c3cc(Br)cn3C)c3c(C)noc3n2)c(C)o1. The van der Waals surface area contributed by atoms with E-state index in [2.05, 4.69) is 36.9 Å². The van der Waals surface area contributed by atoms with Crippen molar-refractivity contribution in [2.45, 2.75) is 20.8 Å². The van der Waals surface area contributed by atoms with Crippen molar-refractivity contribution in [3.05, 3.63) is 57.3 Å². The molecule has 0 aliphatic heterocycles. The van der Waals surface area contributed by atoms with Crippen LogP contribution in [0.2, 0.25) is 0 Å². The number of nitrogens with one attached hydrogen (secondary N) is 2. The summed E-state index contributed by atoms with van der Waals surface area (Å²) in [7, 11) is 1.73. The van der Waals surface area contributed by atoms with Gasteiger partial charge in [-0.1, -0.05) is 5.16 Å². The van der Waals surface area contributed by atoms with Crippen LogP contribution in [0.25, 0.3) is 22.4 Å². The van der Waals surface area contributed by atoms with Crippen LogP contribution >= 0.6 is 15.9 Å². The summed E-state index contributed by atoms with van der Waals surface area (Å²) < 4.78 is 13.3. The van der Waals surface area contributed by atoms with Gasteiger partial charge in [-0.05, 0) is 54.9 Å². The van der Waals surface area contributed by atoms with Gasteiger partial charge in [-0.25, -0.2) is 4.98 Å². The topological polar surface area (TPSA) is 115 Å². The zero-order valence-electron chi connectivity index (χ0n) is 16.7. The zero-order chi connectivity index (χ0) is 21.6. The number of furan rings is 1. The first-order valence-electron chi connectivity index (χ1n) is 9.01. The van der Waals surface area contributed by atoms with Gasteiger partial charge < -0.3 is 13.5 Å². The molecule has 4 aromatic heterocycles. The fraction of sp³-hybridized carbons (Fsp3) is 0.200. The van der Waals surface area contributed by atoms with Crippen molar-refractivity contribution in [1.29, 1.82) is 0 Å². The molecule has 9 nitrogen and oxygen atoms in total. The Morgan fingerprint density at radius 3 is 2.47 bits per heavy atom. The molecule has 30 heavy (non-hydrogen) atoms. The van der Waals surface area contributed by atoms with Crippen molar-refractivity contribution >= 4 is 38.8 Å². The van der Waals surface area contributed by atoms with E-state index < -0.39 is 11.8 Å². The number of pyridine rings is 1. The molecule has 2 N–H and O–H groups in total. The van der Waals surface area contributed by atoms with Crippen LogP contribution < -0.4 is 10.9 Å². The van der Waals surface area contributed by atoms with Crippen LogP contribution in [-0.4, -0.2) is 26.5 Å². The summed E-state index contributed by atoms with van der Waals surface area (Å²) in [4.78, 5) is 29.8. The second-order valence-corrected chi connectivity index (χ2v) is 7.81. The summed E-state index contributed by atoms with van der Waals surface area (Å²) in [6.07, 6.45) is 1.74. The molecule has 4 rings (SSSR count). The van der Waals surface area contributed by atoms with Crippen molar-refractivity contribution in [3.8, 4) is 11.3 Å². The Hall–Kier alpha value is -3.40. The molecule has 0 aliphatic rings. The molecular weight excluding hydrogens is 454 g/mol. The Kier molecular flexibility index (Phi) is 4.94. The Balaban J connectivity index is 1.67. The Labute approximate surface area is 179 Å². The van der Waals surface area contributed by atoms with Gasteiger partial charge in [0.05, 0.1) is 22.3 Å². The molecule has 0 radical (unpaired) electrons. The first kappa shape index (κ1) is 19.9. The van der Waals surface area contributed by atoms with Gasteiger partial charge in [0.25, 0.3) is 17.5 Å². The van der Waals surface area contributed by atoms with Gasteiger partial charge in [-0.2, -0.15) is 0 Å². The second-order valence-electron chi connectivity index (χ2n) is 6.89. The number of nitrogens with zero attached hydrogens (tertiary/aromatic N) is 3. The molecular formula is C20H18BrN5O4. The minimum Gasteiger partial charge on any atom is -0.466 e. The molecule has 0 fully saturated rings. The van der Waals surface area contributed by atoms with E-state index in [9.17, 15) is 9.59 Å². The van der Waals surface area contributed by atoms with Gasteiger partial charge in [-0.15, -0.1) is 0 Å². The highest BCUT2D eigenvalue weighted by Crippen LogP contribution is 2.30. The fourth-order valence-electron chi connectivity index (χ4n) is 3.29. The third kappa shape index (κ3) is 3.50. The third-order valence-corrected chi connectivity index (χ3v) is 5.11. The second kappa shape index (κ2) is 7.45. The lowest BCUT2D eigenvalue weighted by Gasteiger charge is -2.09. The van der Waals surface area contributed by atoms with Gasteiger partial charge in [-0.3, -0.25) is 20.4 Å². The number of hydrogen-bond donors (Lipinski definition) is 2. The molecule has 154 valence electrons. The van der Waals surface area contributed by atoms with Crippen LogP contribution in [0.4, 0.5) is 0 Å². The number of aryl methyl sites for hydroxylation is 4. The monoisotopic (exact) mass is 471 g/mol. The summed E-state index contributed by atoms with van der Waals surface area (Å²) in [5.41, 5.74) is 7.55. The van der Waals surface area contributed by atoms with Crippen LogP contribution in [0, 0.1) is 20.8 Å². The minimum absolute atomic E-state index is 0.228. The van der Waals surface area contributed by atoms with Crippen molar-refractivity contribution in [3.63, 3.8) is 0 Å². The number of hydrazine groups is 1. The molecule has 0 atom stereocenters. The van der Waals surface area contributed by atoms with Crippen LogP contribution in [0.1, 0.15) is 38.1 Å². The summed E-state index contributed by atoms with van der Waals surface area (Å²) in [5.74, 6) is 0.425. The maximum Gasteiger partial charge on any atom is 0.286 e. The van der Waals surface area contributed by atoms with E-state index in [1.54, 1.807) is 36.9 Å². The maximum atomic E-state index is 12.9. The standard InChI is InChI=1S/C20H18BrN5O4/c1-9-5-13(11(3)29-9)15-7-14(17-10(2)25-30-20(17)22-15)18(27)23-24-19(28)16-6-12(21)8-26(16)4/h5-8H,1-4H3,(H,23,27)(H,24,28). The van der Waals surface area contributed by atoms with E-state index in [0.717, 1.165) is 15.8 Å². The fourth-order valence-corrected chi connectivity index (χ4v) is 3.82. The maximum absolute atomic E-state index is 12.9. The van der Waals surface area contributed by atoms with E-state index in [1.165, 1.54) is 0 Å². The molecule has 0 unspecified atom stereocenters. The van der Waals surface area contributed by atoms with Crippen molar-refractivity contribution in [2.24, 2.45) is 7.05 Å². The number of hydrogen-bond acceptors (Lipinski definition) is 6. The highest BCUT2D eigenvalue weighted by Gasteiger charge is 2.22. The average molecular weight is 472 g/mol. The lowest BCUT2D eigenvalue weighted by molar-refractivity contribution is 0.0843. The summed E-state index contributed by atoms with van der Waals surface area (Å²) in [6, 6.07) is 5.12. The zero-order valence-corrected chi connectivity index (χ0v) is 18.2. The van der Waals surface area contributed by atoms with Crippen molar-refractivity contribution in [1.82, 2.24) is 25.6 Å². The minimum atomic E-state index is -0.519. The molecule has 0 spiro atoms. The van der Waals surface area contributed by atoms with Gasteiger partial charge in [0.2, 0.25) is 0 Å². The molecule has 4 heterocycles. The predicted octanol–water partition coefficient (Wildman–Crippen LogP) is 3.58. The van der Waals surface area contributed by atoms with Crippen LogP contribution in [0.3, 0.4) is 0 Å². The Morgan fingerprint density at radius 2 is 1.83 bits per heavy atom. The van der Waals surface area contributed by atoms with Crippen LogP contribution in [0.5, 0.6) is 0 Å². The average Bonchev–Trinajstić information content (AvgIpc) is 3.35. The van der Waals surface area contributed by atoms with Gasteiger partial charge >= 0.3 is 0 Å². The lowest BCUT2D eigenvalue weighted by Crippen LogP contribution is -2.42. The first-order valence-corrected chi connectivity index (χ1v) is 9.81. The van der Waals surface area contributed by atoms with Crippen molar-refractivity contribution < 1.29 is 18.5 Å². The highest BCUT2D eigenvalue weighted by molar-refractivity contribution is 9.10. The number of rotatable bonds is 3. The molecule has 2 amide bonds. The highest BCUT2D eigenvalue weighted by atomic mass is 79.9. The molecule has 0 aromatic carbocycles. The van der Waals surface area contributed by atoms with Crippen LogP contribution in [-0.2, 0) is 7.05 Å². The number of amides is 2. The normalized spacial score (nSPS) is 11.1. The summed E-state index contributed by atoms with van der Waals surface area (Å²) in [5, 5.41) is 4.40.